The number of nitrogens with zero attached hydrogens (tertiary/aromatic N) is 1. The fourth-order valence-corrected chi connectivity index (χ4v) is 0.915. The minimum Gasteiger partial charge on any atom is -0.340 e. The van der Waals surface area contributed by atoms with Crippen LogP contribution in [-0.4, -0.2) is 23.9 Å². The van der Waals surface area contributed by atoms with E-state index in [1.807, 2.05) is 19.9 Å². The summed E-state index contributed by atoms with van der Waals surface area (Å²) in [5.74, 6) is 0.568. The second-order valence-electron chi connectivity index (χ2n) is 3.11. The van der Waals surface area contributed by atoms with Crippen LogP contribution >= 0.6 is 0 Å². The Labute approximate surface area is 75.3 Å². The summed E-state index contributed by atoms with van der Waals surface area (Å²) < 4.78 is 0. The molecule has 0 saturated heterocycles. The monoisotopic (exact) mass is 169 g/mol. The summed E-state index contributed by atoms with van der Waals surface area (Å²) in [5.41, 5.74) is 0. The third-order valence-corrected chi connectivity index (χ3v) is 1.70. The molecular weight excluding hydrogens is 150 g/mol. The number of likely N-dealkylation sites (N-methyl/N-ethyl adjacent to an activating group) is 1. The van der Waals surface area contributed by atoms with E-state index >= 15 is 0 Å². The van der Waals surface area contributed by atoms with Crippen LogP contribution in [-0.2, 0) is 4.79 Å². The summed E-state index contributed by atoms with van der Waals surface area (Å²) in [6.45, 7) is 9.68. The minimum absolute atomic E-state index is 0.119. The van der Waals surface area contributed by atoms with E-state index in [1.165, 1.54) is 0 Å². The molecule has 0 aromatic rings. The molecule has 0 rings (SSSR count). The molecule has 2 nitrogen and oxygen atoms in total. The lowest BCUT2D eigenvalue weighted by atomic mass is 10.2. The van der Waals surface area contributed by atoms with Crippen molar-refractivity contribution in [3.8, 4) is 0 Å². The van der Waals surface area contributed by atoms with Gasteiger partial charge in [-0.3, -0.25) is 4.79 Å². The first-order valence-electron chi connectivity index (χ1n) is 4.58. The molecule has 1 amide bonds. The van der Waals surface area contributed by atoms with Crippen LogP contribution in [0.5, 0.6) is 0 Å². The summed E-state index contributed by atoms with van der Waals surface area (Å²) in [6.07, 6.45) is 3.60. The highest BCUT2D eigenvalue weighted by Gasteiger charge is 2.03. The Morgan fingerprint density at radius 3 is 2.17 bits per heavy atom. The van der Waals surface area contributed by atoms with Gasteiger partial charge in [0.15, 0.2) is 0 Å². The van der Waals surface area contributed by atoms with Gasteiger partial charge in [-0.1, -0.05) is 19.9 Å². The lowest BCUT2D eigenvalue weighted by Gasteiger charge is -2.15. The fraction of sp³-hybridized carbons (Fsp3) is 0.700. The van der Waals surface area contributed by atoms with E-state index in [1.54, 1.807) is 11.0 Å². The fourth-order valence-electron chi connectivity index (χ4n) is 0.915. The van der Waals surface area contributed by atoms with Crippen LogP contribution in [0, 0.1) is 5.92 Å². The van der Waals surface area contributed by atoms with E-state index in [-0.39, 0.29) is 5.91 Å². The maximum Gasteiger partial charge on any atom is 0.246 e. The quantitative estimate of drug-likeness (QED) is 0.590. The van der Waals surface area contributed by atoms with Crippen LogP contribution in [0.15, 0.2) is 12.2 Å². The first kappa shape index (κ1) is 11.2. The highest BCUT2D eigenvalue weighted by molar-refractivity contribution is 5.87. The van der Waals surface area contributed by atoms with Crippen LogP contribution in [0.3, 0.4) is 0 Å². The van der Waals surface area contributed by atoms with Gasteiger partial charge in [0.25, 0.3) is 0 Å². The van der Waals surface area contributed by atoms with Gasteiger partial charge < -0.3 is 4.90 Å². The largest absolute Gasteiger partial charge is 0.340 e. The van der Waals surface area contributed by atoms with Crippen molar-refractivity contribution in [1.29, 1.82) is 0 Å². The zero-order valence-corrected chi connectivity index (χ0v) is 8.50. The van der Waals surface area contributed by atoms with Gasteiger partial charge in [-0.2, -0.15) is 0 Å². The number of carbonyl (C=O) groups is 1. The van der Waals surface area contributed by atoms with E-state index in [4.69, 9.17) is 0 Å². The maximum atomic E-state index is 11.3. The minimum atomic E-state index is 0.119. The lowest BCUT2D eigenvalue weighted by Crippen LogP contribution is -2.28. The number of amides is 1. The average molecular weight is 169 g/mol. The van der Waals surface area contributed by atoms with Gasteiger partial charge >= 0.3 is 0 Å². The van der Waals surface area contributed by atoms with E-state index in [0.717, 1.165) is 13.1 Å². The van der Waals surface area contributed by atoms with Crippen molar-refractivity contribution in [2.45, 2.75) is 27.7 Å². The van der Waals surface area contributed by atoms with Gasteiger partial charge in [0.05, 0.1) is 0 Å². The molecular formula is C10H19NO. The molecule has 0 bridgehead atoms. The zero-order valence-electron chi connectivity index (χ0n) is 8.50. The molecule has 0 aliphatic carbocycles. The topological polar surface area (TPSA) is 20.3 Å². The van der Waals surface area contributed by atoms with Gasteiger partial charge in [-0.25, -0.2) is 0 Å². The molecule has 0 aromatic carbocycles. The molecule has 2 heteroatoms. The van der Waals surface area contributed by atoms with Gasteiger partial charge in [-0.05, 0) is 25.8 Å². The molecule has 0 saturated carbocycles. The number of rotatable bonds is 4. The zero-order chi connectivity index (χ0) is 9.56. The molecule has 0 spiro atoms. The molecule has 0 aromatic heterocycles. The Hall–Kier alpha value is -0.790. The second kappa shape index (κ2) is 5.81. The standard InChI is InChI=1S/C10H19NO/c1-5-11(6-2)10(12)8-7-9(3)4/h7-9H,5-6H2,1-4H3. The number of allylic oxidation sites excluding steroid dienone is 1. The van der Waals surface area contributed by atoms with Crippen LogP contribution in [0.25, 0.3) is 0 Å². The molecule has 0 heterocycles. The van der Waals surface area contributed by atoms with E-state index in [0.29, 0.717) is 5.92 Å². The van der Waals surface area contributed by atoms with Crippen molar-refractivity contribution in [2.24, 2.45) is 5.92 Å². The SMILES string of the molecule is CCN(CC)C(=O)C=CC(C)C. The lowest BCUT2D eigenvalue weighted by molar-refractivity contribution is -0.125. The van der Waals surface area contributed by atoms with Gasteiger partial charge in [0.2, 0.25) is 5.91 Å². The van der Waals surface area contributed by atoms with Crippen molar-refractivity contribution >= 4 is 5.91 Å². The van der Waals surface area contributed by atoms with Crippen molar-refractivity contribution in [3.63, 3.8) is 0 Å². The van der Waals surface area contributed by atoms with Crippen molar-refractivity contribution in [2.75, 3.05) is 13.1 Å². The molecule has 0 aliphatic rings. The Kier molecular flexibility index (Phi) is 5.43. The highest BCUT2D eigenvalue weighted by atomic mass is 16.2. The van der Waals surface area contributed by atoms with Crippen molar-refractivity contribution in [1.82, 2.24) is 4.90 Å². The smallest absolute Gasteiger partial charge is 0.246 e. The summed E-state index contributed by atoms with van der Waals surface area (Å²) >= 11 is 0. The predicted molar refractivity (Wildman–Crippen MR) is 51.9 cm³/mol. The average Bonchev–Trinajstić information content (AvgIpc) is 2.03. The van der Waals surface area contributed by atoms with Crippen LogP contribution in [0.1, 0.15) is 27.7 Å². The Balaban J connectivity index is 4.01. The molecule has 12 heavy (non-hydrogen) atoms. The van der Waals surface area contributed by atoms with Gasteiger partial charge in [0.1, 0.15) is 0 Å². The van der Waals surface area contributed by atoms with E-state index in [9.17, 15) is 4.79 Å². The molecule has 0 aliphatic heterocycles. The van der Waals surface area contributed by atoms with Crippen LogP contribution < -0.4 is 0 Å². The first-order valence-corrected chi connectivity index (χ1v) is 4.58. The maximum absolute atomic E-state index is 11.3. The Bertz CT molecular complexity index is 157. The predicted octanol–water partition coefficient (Wildman–Crippen LogP) is 2.07. The van der Waals surface area contributed by atoms with E-state index in [2.05, 4.69) is 13.8 Å². The second-order valence-corrected chi connectivity index (χ2v) is 3.11. The Morgan fingerprint density at radius 2 is 1.83 bits per heavy atom. The summed E-state index contributed by atoms with van der Waals surface area (Å²) in [4.78, 5) is 13.2. The van der Waals surface area contributed by atoms with Gasteiger partial charge in [-0.15, -0.1) is 0 Å². The van der Waals surface area contributed by atoms with Crippen LogP contribution in [0.4, 0.5) is 0 Å². The third kappa shape index (κ3) is 4.16. The molecule has 0 unspecified atom stereocenters. The highest BCUT2D eigenvalue weighted by Crippen LogP contribution is 1.96. The number of hydrogen-bond donors (Lipinski definition) is 0. The first-order chi connectivity index (χ1) is 5.61. The molecule has 70 valence electrons. The molecule has 0 atom stereocenters. The summed E-state index contributed by atoms with van der Waals surface area (Å²) in [5, 5.41) is 0. The molecule has 0 fully saturated rings. The third-order valence-electron chi connectivity index (χ3n) is 1.70. The molecule has 0 N–H and O–H groups in total. The Morgan fingerprint density at radius 1 is 1.33 bits per heavy atom. The van der Waals surface area contributed by atoms with Crippen molar-refractivity contribution in [3.05, 3.63) is 12.2 Å². The normalized spacial score (nSPS) is 11.1. The van der Waals surface area contributed by atoms with Crippen molar-refractivity contribution < 1.29 is 4.79 Å². The number of carbonyl (C=O) groups excluding carboxylic acids is 1. The molecule has 0 radical (unpaired) electrons. The summed E-state index contributed by atoms with van der Waals surface area (Å²) in [6, 6.07) is 0. The van der Waals surface area contributed by atoms with E-state index < -0.39 is 0 Å². The number of hydrogen-bond acceptors (Lipinski definition) is 1. The van der Waals surface area contributed by atoms with Gasteiger partial charge in [0, 0.05) is 13.1 Å². The van der Waals surface area contributed by atoms with Crippen LogP contribution in [0.2, 0.25) is 0 Å². The summed E-state index contributed by atoms with van der Waals surface area (Å²) in [7, 11) is 0.